The highest BCUT2D eigenvalue weighted by Gasteiger charge is 2.23. The largest absolute Gasteiger partial charge is 0.389 e. The van der Waals surface area contributed by atoms with Crippen molar-refractivity contribution in [1.29, 1.82) is 0 Å². The van der Waals surface area contributed by atoms with Gasteiger partial charge >= 0.3 is 0 Å². The molecule has 2 N–H and O–H groups in total. The number of methoxy groups -OCH3 is 1. The molecule has 2 atom stereocenters. The monoisotopic (exact) mass is 231 g/mol. The smallest absolute Gasteiger partial charge is 0.0746 e. The van der Waals surface area contributed by atoms with Crippen LogP contribution in [-0.4, -0.2) is 37.0 Å². The Hall–Kier alpha value is -0.120. The molecule has 0 amide bonds. The fraction of sp³-hybridized carbons (Fsp3) is 1.00. The summed E-state index contributed by atoms with van der Waals surface area (Å²) in [4.78, 5) is 0. The molecule has 0 aliphatic rings. The molecule has 16 heavy (non-hydrogen) atoms. The van der Waals surface area contributed by atoms with Crippen LogP contribution >= 0.6 is 0 Å². The van der Waals surface area contributed by atoms with E-state index in [4.69, 9.17) is 4.74 Å². The van der Waals surface area contributed by atoms with Gasteiger partial charge < -0.3 is 15.2 Å². The van der Waals surface area contributed by atoms with Crippen molar-refractivity contribution in [1.82, 2.24) is 5.32 Å². The lowest BCUT2D eigenvalue weighted by atomic mass is 9.93. The molecule has 0 rings (SSSR count). The molecule has 0 aliphatic heterocycles. The Morgan fingerprint density at radius 1 is 1.25 bits per heavy atom. The third kappa shape index (κ3) is 7.20. The van der Waals surface area contributed by atoms with Crippen LogP contribution in [0.15, 0.2) is 0 Å². The van der Waals surface area contributed by atoms with Gasteiger partial charge in [-0.05, 0) is 25.2 Å². The first kappa shape index (κ1) is 15.9. The average molecular weight is 231 g/mol. The van der Waals surface area contributed by atoms with Gasteiger partial charge in [-0.3, -0.25) is 0 Å². The SMILES string of the molecule is COCC(NCC(C)(O)CC(C)C)C(C)C. The number of hydrogen-bond acceptors (Lipinski definition) is 3. The van der Waals surface area contributed by atoms with Crippen molar-refractivity contribution in [2.24, 2.45) is 11.8 Å². The summed E-state index contributed by atoms with van der Waals surface area (Å²) in [6.45, 7) is 11.8. The van der Waals surface area contributed by atoms with Gasteiger partial charge in [0.1, 0.15) is 0 Å². The Labute approximate surface area is 101 Å². The number of nitrogens with one attached hydrogen (secondary N) is 1. The lowest BCUT2D eigenvalue weighted by molar-refractivity contribution is 0.0295. The molecule has 0 aromatic carbocycles. The Balaban J connectivity index is 4.07. The summed E-state index contributed by atoms with van der Waals surface area (Å²) in [6.07, 6.45) is 0.817. The maximum absolute atomic E-state index is 10.2. The van der Waals surface area contributed by atoms with E-state index in [9.17, 15) is 5.11 Å². The van der Waals surface area contributed by atoms with E-state index in [1.54, 1.807) is 7.11 Å². The van der Waals surface area contributed by atoms with Gasteiger partial charge in [0.15, 0.2) is 0 Å². The quantitative estimate of drug-likeness (QED) is 0.672. The Bertz CT molecular complexity index is 179. The normalized spacial score (nSPS) is 17.8. The van der Waals surface area contributed by atoms with E-state index in [-0.39, 0.29) is 0 Å². The van der Waals surface area contributed by atoms with Crippen molar-refractivity contribution >= 4 is 0 Å². The topological polar surface area (TPSA) is 41.5 Å². The minimum atomic E-state index is -0.630. The summed E-state index contributed by atoms with van der Waals surface area (Å²) in [5, 5.41) is 13.6. The second kappa shape index (κ2) is 7.25. The number of ether oxygens (including phenoxy) is 1. The molecule has 0 saturated carbocycles. The molecular weight excluding hydrogens is 202 g/mol. The molecule has 0 bridgehead atoms. The van der Waals surface area contributed by atoms with Crippen LogP contribution in [-0.2, 0) is 4.74 Å². The molecule has 0 saturated heterocycles. The molecule has 3 nitrogen and oxygen atoms in total. The fourth-order valence-corrected chi connectivity index (χ4v) is 1.97. The minimum absolute atomic E-state index is 0.309. The van der Waals surface area contributed by atoms with E-state index in [1.807, 2.05) is 6.92 Å². The van der Waals surface area contributed by atoms with Gasteiger partial charge in [-0.2, -0.15) is 0 Å². The van der Waals surface area contributed by atoms with Crippen molar-refractivity contribution in [3.63, 3.8) is 0 Å². The van der Waals surface area contributed by atoms with E-state index >= 15 is 0 Å². The third-order valence-corrected chi connectivity index (χ3v) is 2.74. The molecule has 0 radical (unpaired) electrons. The summed E-state index contributed by atoms with van der Waals surface area (Å²) in [5.41, 5.74) is -0.630. The third-order valence-electron chi connectivity index (χ3n) is 2.74. The first-order chi connectivity index (χ1) is 7.28. The standard InChI is InChI=1S/C13H29NO2/c1-10(2)7-13(5,15)9-14-12(8-16-6)11(3)4/h10-12,14-15H,7-9H2,1-6H3. The highest BCUT2D eigenvalue weighted by Crippen LogP contribution is 2.16. The van der Waals surface area contributed by atoms with Crippen LogP contribution in [0.2, 0.25) is 0 Å². The molecule has 0 heterocycles. The maximum atomic E-state index is 10.2. The van der Waals surface area contributed by atoms with Gasteiger partial charge in [0.25, 0.3) is 0 Å². The predicted octanol–water partition coefficient (Wildman–Crippen LogP) is 2.04. The summed E-state index contributed by atoms with van der Waals surface area (Å²) in [5.74, 6) is 1.02. The average Bonchev–Trinajstić information content (AvgIpc) is 2.09. The highest BCUT2D eigenvalue weighted by molar-refractivity contribution is 4.80. The van der Waals surface area contributed by atoms with Crippen LogP contribution in [0.5, 0.6) is 0 Å². The molecule has 3 heteroatoms. The van der Waals surface area contributed by atoms with E-state index in [0.717, 1.165) is 6.42 Å². The lowest BCUT2D eigenvalue weighted by Crippen LogP contribution is -2.46. The molecule has 98 valence electrons. The molecule has 0 aliphatic carbocycles. The van der Waals surface area contributed by atoms with Gasteiger partial charge in [-0.1, -0.05) is 27.7 Å². The Morgan fingerprint density at radius 2 is 1.81 bits per heavy atom. The van der Waals surface area contributed by atoms with Gasteiger partial charge in [-0.25, -0.2) is 0 Å². The van der Waals surface area contributed by atoms with Crippen LogP contribution in [0.25, 0.3) is 0 Å². The van der Waals surface area contributed by atoms with Crippen molar-refractivity contribution in [3.05, 3.63) is 0 Å². The van der Waals surface area contributed by atoms with E-state index in [0.29, 0.717) is 31.0 Å². The zero-order chi connectivity index (χ0) is 12.8. The zero-order valence-corrected chi connectivity index (χ0v) is 11.7. The number of rotatable bonds is 8. The zero-order valence-electron chi connectivity index (χ0n) is 11.7. The van der Waals surface area contributed by atoms with Crippen molar-refractivity contribution in [2.45, 2.75) is 52.7 Å². The minimum Gasteiger partial charge on any atom is -0.389 e. The first-order valence-electron chi connectivity index (χ1n) is 6.23. The lowest BCUT2D eigenvalue weighted by Gasteiger charge is -2.30. The van der Waals surface area contributed by atoms with E-state index < -0.39 is 5.60 Å². The summed E-state index contributed by atoms with van der Waals surface area (Å²) >= 11 is 0. The second-order valence-electron chi connectivity index (χ2n) is 5.78. The van der Waals surface area contributed by atoms with Crippen molar-refractivity contribution in [2.75, 3.05) is 20.3 Å². The molecule has 0 aromatic heterocycles. The van der Waals surface area contributed by atoms with Crippen molar-refractivity contribution < 1.29 is 9.84 Å². The number of hydrogen-bond donors (Lipinski definition) is 2. The fourth-order valence-electron chi connectivity index (χ4n) is 1.97. The van der Waals surface area contributed by atoms with Gasteiger partial charge in [0.05, 0.1) is 12.2 Å². The van der Waals surface area contributed by atoms with E-state index in [1.165, 1.54) is 0 Å². The van der Waals surface area contributed by atoms with Gasteiger partial charge in [-0.15, -0.1) is 0 Å². The van der Waals surface area contributed by atoms with E-state index in [2.05, 4.69) is 33.0 Å². The summed E-state index contributed by atoms with van der Waals surface area (Å²) in [6, 6.07) is 0.309. The highest BCUT2D eigenvalue weighted by atomic mass is 16.5. The van der Waals surface area contributed by atoms with Gasteiger partial charge in [0.2, 0.25) is 0 Å². The van der Waals surface area contributed by atoms with Crippen LogP contribution in [0, 0.1) is 11.8 Å². The van der Waals surface area contributed by atoms with Crippen LogP contribution in [0.4, 0.5) is 0 Å². The Kier molecular flexibility index (Phi) is 7.20. The first-order valence-corrected chi connectivity index (χ1v) is 6.23. The van der Waals surface area contributed by atoms with Crippen molar-refractivity contribution in [3.8, 4) is 0 Å². The number of aliphatic hydroxyl groups is 1. The van der Waals surface area contributed by atoms with Crippen LogP contribution in [0.3, 0.4) is 0 Å². The summed E-state index contributed by atoms with van der Waals surface area (Å²) in [7, 11) is 1.71. The molecular formula is C13H29NO2. The van der Waals surface area contributed by atoms with Gasteiger partial charge in [0, 0.05) is 19.7 Å². The Morgan fingerprint density at radius 3 is 2.19 bits per heavy atom. The summed E-state index contributed by atoms with van der Waals surface area (Å²) < 4.78 is 5.17. The molecule has 0 fully saturated rings. The predicted molar refractivity (Wildman–Crippen MR) is 68.6 cm³/mol. The van der Waals surface area contributed by atoms with Crippen LogP contribution in [0.1, 0.15) is 41.0 Å². The molecule has 0 spiro atoms. The molecule has 2 unspecified atom stereocenters. The van der Waals surface area contributed by atoms with Crippen LogP contribution < -0.4 is 5.32 Å². The second-order valence-corrected chi connectivity index (χ2v) is 5.78. The maximum Gasteiger partial charge on any atom is 0.0746 e. The molecule has 0 aromatic rings.